The number of hydrogen-bond donors (Lipinski definition) is 3. The summed E-state index contributed by atoms with van der Waals surface area (Å²) in [5, 5.41) is 16.7. The Hall–Kier alpha value is -4.05. The first-order chi connectivity index (χ1) is 20.5. The van der Waals surface area contributed by atoms with Gasteiger partial charge in [0.15, 0.2) is 0 Å². The number of nitrogens with one attached hydrogen (secondary N) is 2. The van der Waals surface area contributed by atoms with Gasteiger partial charge in [-0.2, -0.15) is 11.8 Å². The van der Waals surface area contributed by atoms with Crippen LogP contribution in [-0.4, -0.2) is 40.7 Å². The number of carbonyl (C=O) groups is 3. The highest BCUT2D eigenvalue weighted by Crippen LogP contribution is 2.34. The monoisotopic (exact) mass is 606 g/mol. The Labute approximate surface area is 254 Å². The van der Waals surface area contributed by atoms with Crippen molar-refractivity contribution in [3.63, 3.8) is 0 Å². The Morgan fingerprint density at radius 1 is 0.907 bits per heavy atom. The van der Waals surface area contributed by atoms with Crippen LogP contribution in [0.2, 0.25) is 0 Å². The van der Waals surface area contributed by atoms with Crippen molar-refractivity contribution in [2.45, 2.75) is 78.1 Å². The maximum Gasteiger partial charge on any atom is 0.339 e. The highest BCUT2D eigenvalue weighted by molar-refractivity contribution is 7.98. The second-order valence-electron chi connectivity index (χ2n) is 10.8. The fraction of sp³-hybridized carbons (Fsp3) is 0.394. The molecule has 2 aromatic heterocycles. The lowest BCUT2D eigenvalue weighted by Gasteiger charge is -2.21. The maximum absolute atomic E-state index is 13.0. The van der Waals surface area contributed by atoms with E-state index in [2.05, 4.69) is 10.6 Å². The zero-order chi connectivity index (χ0) is 31.3. The highest BCUT2D eigenvalue weighted by atomic mass is 32.2. The van der Waals surface area contributed by atoms with Gasteiger partial charge in [-0.1, -0.05) is 43.7 Å². The topological polar surface area (TPSA) is 139 Å². The summed E-state index contributed by atoms with van der Waals surface area (Å²) >= 11 is 1.41. The number of amides is 2. The Bertz CT molecular complexity index is 1710. The fourth-order valence-corrected chi connectivity index (χ4v) is 6.17. The zero-order valence-corrected chi connectivity index (χ0v) is 26.0. The van der Waals surface area contributed by atoms with E-state index in [9.17, 15) is 24.3 Å². The van der Waals surface area contributed by atoms with Crippen molar-refractivity contribution >= 4 is 51.5 Å². The molecule has 0 bridgehead atoms. The van der Waals surface area contributed by atoms with Crippen LogP contribution in [0.1, 0.15) is 59.8 Å². The molecule has 0 unspecified atom stereocenters. The molecule has 43 heavy (non-hydrogen) atoms. The van der Waals surface area contributed by atoms with Crippen LogP contribution in [0.4, 0.5) is 0 Å². The first-order valence-electron chi connectivity index (χ1n) is 14.4. The number of furan rings is 1. The number of hydrogen-bond acceptors (Lipinski definition) is 7. The van der Waals surface area contributed by atoms with Crippen LogP contribution >= 0.6 is 11.8 Å². The van der Waals surface area contributed by atoms with Gasteiger partial charge in [0.1, 0.15) is 29.0 Å². The molecule has 2 heterocycles. The molecule has 228 valence electrons. The molecule has 0 aliphatic rings. The molecule has 4 rings (SSSR count). The minimum Gasteiger partial charge on any atom is -0.480 e. The Morgan fingerprint density at radius 3 is 2.26 bits per heavy atom. The Morgan fingerprint density at radius 2 is 1.58 bits per heavy atom. The lowest BCUT2D eigenvalue weighted by Crippen LogP contribution is -2.52. The van der Waals surface area contributed by atoms with E-state index in [1.54, 1.807) is 0 Å². The van der Waals surface area contributed by atoms with E-state index in [1.807, 2.05) is 71.0 Å². The summed E-state index contributed by atoms with van der Waals surface area (Å²) in [5.41, 5.74) is 4.61. The first-order valence-corrected chi connectivity index (χ1v) is 15.6. The summed E-state index contributed by atoms with van der Waals surface area (Å²) in [6, 6.07) is 9.63. The van der Waals surface area contributed by atoms with Gasteiger partial charge in [-0.25, -0.2) is 9.59 Å². The summed E-state index contributed by atoms with van der Waals surface area (Å²) in [5.74, 6) is -0.494. The first kappa shape index (κ1) is 31.9. The Balaban J connectivity index is 1.42. The number of rotatable bonds is 13. The van der Waals surface area contributed by atoms with Gasteiger partial charge < -0.3 is 24.6 Å². The van der Waals surface area contributed by atoms with Gasteiger partial charge in [-0.15, -0.1) is 0 Å². The predicted octanol–water partition coefficient (Wildman–Crippen LogP) is 5.49. The van der Waals surface area contributed by atoms with Crippen LogP contribution in [-0.2, 0) is 26.6 Å². The Kier molecular flexibility index (Phi) is 10.3. The van der Waals surface area contributed by atoms with Crippen molar-refractivity contribution in [1.82, 2.24) is 10.6 Å². The summed E-state index contributed by atoms with van der Waals surface area (Å²) in [4.78, 5) is 50.8. The average Bonchev–Trinajstić information content (AvgIpc) is 3.26. The molecule has 0 aliphatic heterocycles. The third-order valence-electron chi connectivity index (χ3n) is 7.79. The molecule has 0 radical (unpaired) electrons. The van der Waals surface area contributed by atoms with Crippen LogP contribution in [0.25, 0.3) is 21.9 Å². The third-order valence-corrected chi connectivity index (χ3v) is 8.89. The molecule has 10 heteroatoms. The van der Waals surface area contributed by atoms with Crippen molar-refractivity contribution in [2.24, 2.45) is 0 Å². The molecule has 0 fully saturated rings. The fourth-order valence-electron chi connectivity index (χ4n) is 5.16. The van der Waals surface area contributed by atoms with Crippen LogP contribution in [0.3, 0.4) is 0 Å². The van der Waals surface area contributed by atoms with E-state index in [-0.39, 0.29) is 18.6 Å². The number of carboxylic acids is 1. The van der Waals surface area contributed by atoms with Gasteiger partial charge in [0.05, 0.1) is 0 Å². The number of aryl methyl sites for hydroxylation is 4. The van der Waals surface area contributed by atoms with Crippen molar-refractivity contribution < 1.29 is 28.3 Å². The van der Waals surface area contributed by atoms with Gasteiger partial charge in [0.2, 0.25) is 11.8 Å². The van der Waals surface area contributed by atoms with Crippen LogP contribution in [0, 0.1) is 27.7 Å². The minimum absolute atomic E-state index is 0.0367. The van der Waals surface area contributed by atoms with Gasteiger partial charge in [-0.3, -0.25) is 9.59 Å². The van der Waals surface area contributed by atoms with Gasteiger partial charge in [0.25, 0.3) is 0 Å². The number of thioether (sulfide) groups is 1. The largest absolute Gasteiger partial charge is 0.480 e. The number of aliphatic carboxylic acids is 1. The highest BCUT2D eigenvalue weighted by Gasteiger charge is 2.26. The molecule has 9 nitrogen and oxygen atoms in total. The van der Waals surface area contributed by atoms with E-state index in [0.717, 1.165) is 38.8 Å². The molecular formula is C33H38N2O7S. The van der Waals surface area contributed by atoms with E-state index in [1.165, 1.54) is 11.8 Å². The molecular weight excluding hydrogens is 568 g/mol. The lowest BCUT2D eigenvalue weighted by molar-refractivity contribution is -0.141. The molecule has 3 N–H and O–H groups in total. The van der Waals surface area contributed by atoms with E-state index >= 15 is 0 Å². The van der Waals surface area contributed by atoms with Crippen molar-refractivity contribution in [1.29, 1.82) is 0 Å². The molecule has 2 aromatic carbocycles. The second-order valence-corrected chi connectivity index (χ2v) is 11.9. The normalized spacial score (nSPS) is 12.8. The van der Waals surface area contributed by atoms with Crippen molar-refractivity contribution in [2.75, 3.05) is 5.75 Å². The minimum atomic E-state index is -1.14. The average molecular weight is 607 g/mol. The lowest BCUT2D eigenvalue weighted by atomic mass is 9.98. The van der Waals surface area contributed by atoms with Crippen LogP contribution in [0.15, 0.2) is 50.0 Å². The molecule has 4 aromatic rings. The number of benzene rings is 2. The molecule has 2 atom stereocenters. The molecule has 0 saturated carbocycles. The van der Waals surface area contributed by atoms with E-state index in [4.69, 9.17) is 8.83 Å². The summed E-state index contributed by atoms with van der Waals surface area (Å²) in [6.07, 6.45) is 1.04. The molecule has 0 saturated heterocycles. The second kappa shape index (κ2) is 13.9. The SMILES string of the molecule is CCC[C@H](NC(=O)CCc1c(C)c2cc3c(C)c(C)oc3c(C)c2oc1=O)C(=O)N[C@H](CSCc1ccccc1)C(=O)O. The molecule has 0 spiro atoms. The van der Waals surface area contributed by atoms with Crippen molar-refractivity contribution in [3.05, 3.63) is 80.4 Å². The molecule has 2 amide bonds. The number of carbonyl (C=O) groups excluding carboxylic acids is 2. The number of carboxylic acid groups (broad SMARTS) is 1. The summed E-state index contributed by atoms with van der Waals surface area (Å²) in [6.45, 7) is 9.46. The van der Waals surface area contributed by atoms with Gasteiger partial charge in [0, 0.05) is 39.8 Å². The number of fused-ring (bicyclic) bond motifs is 2. The van der Waals surface area contributed by atoms with Crippen LogP contribution < -0.4 is 16.3 Å². The summed E-state index contributed by atoms with van der Waals surface area (Å²) < 4.78 is 11.6. The quantitative estimate of drug-likeness (QED) is 0.170. The van der Waals surface area contributed by atoms with Crippen LogP contribution in [0.5, 0.6) is 0 Å². The van der Waals surface area contributed by atoms with Crippen molar-refractivity contribution in [3.8, 4) is 0 Å². The zero-order valence-electron chi connectivity index (χ0n) is 25.2. The van der Waals surface area contributed by atoms with Gasteiger partial charge >= 0.3 is 11.6 Å². The van der Waals surface area contributed by atoms with E-state index < -0.39 is 35.5 Å². The standard InChI is InChI=1S/C33H38N2O7S/c1-6-10-26(31(37)35-27(32(38)39)17-43-16-22-11-8-7-9-12-22)34-28(36)14-13-23-19(3)25-15-24-18(2)21(5)41-29(24)20(4)30(25)42-33(23)40/h7-9,11-12,15,26-27H,6,10,13-14,16-17H2,1-5H3,(H,34,36)(H,35,37)(H,38,39)/t26-,27+/m0/s1. The van der Waals surface area contributed by atoms with E-state index in [0.29, 0.717) is 35.3 Å². The van der Waals surface area contributed by atoms with Gasteiger partial charge in [-0.05, 0) is 63.3 Å². The summed E-state index contributed by atoms with van der Waals surface area (Å²) in [7, 11) is 0. The predicted molar refractivity (Wildman–Crippen MR) is 169 cm³/mol. The maximum atomic E-state index is 13.0. The molecule has 0 aliphatic carbocycles. The third kappa shape index (κ3) is 7.30. The smallest absolute Gasteiger partial charge is 0.339 e.